The highest BCUT2D eigenvalue weighted by Crippen LogP contribution is 2.22. The summed E-state index contributed by atoms with van der Waals surface area (Å²) in [5, 5.41) is 6.75. The molecule has 0 aromatic heterocycles. The van der Waals surface area contributed by atoms with Crippen molar-refractivity contribution in [3.05, 3.63) is 23.8 Å². The molecule has 7 heteroatoms. The second-order valence-electron chi connectivity index (χ2n) is 5.76. The van der Waals surface area contributed by atoms with E-state index in [1.165, 1.54) is 14.2 Å². The molecule has 0 heterocycles. The summed E-state index contributed by atoms with van der Waals surface area (Å²) in [6.45, 7) is 6.33. The highest BCUT2D eigenvalue weighted by molar-refractivity contribution is 6.01. The molecule has 7 nitrogen and oxygen atoms in total. The van der Waals surface area contributed by atoms with Crippen molar-refractivity contribution in [2.75, 3.05) is 20.8 Å². The van der Waals surface area contributed by atoms with Crippen LogP contribution in [0.15, 0.2) is 23.3 Å². The standard InChI is InChI=1S/C17H25N3O4/c1-11(2)10-18-16(21)6-12(3)19-20-17(22)13-7-14(23-4)9-15(8-13)24-5/h7-9,11H,6,10H2,1-5H3,(H,18,21)(H,20,22)/b19-12+. The van der Waals surface area contributed by atoms with Gasteiger partial charge in [-0.1, -0.05) is 13.8 Å². The van der Waals surface area contributed by atoms with Gasteiger partial charge >= 0.3 is 0 Å². The maximum atomic E-state index is 12.2. The van der Waals surface area contributed by atoms with Crippen LogP contribution in [0.1, 0.15) is 37.6 Å². The molecule has 1 rings (SSSR count). The van der Waals surface area contributed by atoms with Gasteiger partial charge in [0.1, 0.15) is 11.5 Å². The average molecular weight is 335 g/mol. The molecular weight excluding hydrogens is 310 g/mol. The lowest BCUT2D eigenvalue weighted by Crippen LogP contribution is -2.29. The van der Waals surface area contributed by atoms with E-state index in [-0.39, 0.29) is 12.3 Å². The summed E-state index contributed by atoms with van der Waals surface area (Å²) < 4.78 is 10.2. The first kappa shape index (κ1) is 19.5. The number of hydrogen-bond acceptors (Lipinski definition) is 5. The van der Waals surface area contributed by atoms with E-state index < -0.39 is 5.91 Å². The molecule has 2 N–H and O–H groups in total. The number of rotatable bonds is 8. The molecule has 0 radical (unpaired) electrons. The molecule has 1 aromatic rings. The fourth-order valence-electron chi connectivity index (χ4n) is 1.80. The van der Waals surface area contributed by atoms with Crippen LogP contribution in [0, 0.1) is 5.92 Å². The Labute approximate surface area is 142 Å². The minimum Gasteiger partial charge on any atom is -0.497 e. The second kappa shape index (κ2) is 9.54. The molecule has 0 saturated heterocycles. The van der Waals surface area contributed by atoms with E-state index in [1.54, 1.807) is 25.1 Å². The van der Waals surface area contributed by atoms with Crippen LogP contribution in [0.5, 0.6) is 11.5 Å². The minimum absolute atomic E-state index is 0.123. The van der Waals surface area contributed by atoms with E-state index in [4.69, 9.17) is 9.47 Å². The van der Waals surface area contributed by atoms with Crippen molar-refractivity contribution in [1.82, 2.24) is 10.7 Å². The third-order valence-corrected chi connectivity index (χ3v) is 3.09. The summed E-state index contributed by atoms with van der Waals surface area (Å²) in [5.41, 5.74) is 3.30. The van der Waals surface area contributed by atoms with E-state index in [1.807, 2.05) is 13.8 Å². The smallest absolute Gasteiger partial charge is 0.271 e. The molecule has 132 valence electrons. The van der Waals surface area contributed by atoms with Crippen LogP contribution in [-0.4, -0.2) is 38.3 Å². The first-order valence-corrected chi connectivity index (χ1v) is 7.69. The van der Waals surface area contributed by atoms with Gasteiger partial charge in [0.25, 0.3) is 5.91 Å². The van der Waals surface area contributed by atoms with E-state index in [2.05, 4.69) is 15.8 Å². The summed E-state index contributed by atoms with van der Waals surface area (Å²) in [4.78, 5) is 23.9. The van der Waals surface area contributed by atoms with Gasteiger partial charge in [-0.2, -0.15) is 5.10 Å². The van der Waals surface area contributed by atoms with Crippen LogP contribution in [0.25, 0.3) is 0 Å². The van der Waals surface area contributed by atoms with Crippen molar-refractivity contribution in [2.24, 2.45) is 11.0 Å². The predicted molar refractivity (Wildman–Crippen MR) is 92.6 cm³/mol. The molecule has 0 saturated carbocycles. The molecule has 2 amide bonds. The Hall–Kier alpha value is -2.57. The van der Waals surface area contributed by atoms with Gasteiger partial charge in [-0.15, -0.1) is 0 Å². The molecule has 0 spiro atoms. The molecule has 0 atom stereocenters. The number of carbonyl (C=O) groups is 2. The van der Waals surface area contributed by atoms with Crippen LogP contribution >= 0.6 is 0 Å². The maximum Gasteiger partial charge on any atom is 0.271 e. The van der Waals surface area contributed by atoms with Crippen molar-refractivity contribution in [2.45, 2.75) is 27.2 Å². The number of nitrogens with one attached hydrogen (secondary N) is 2. The number of ether oxygens (including phenoxy) is 2. The Kier molecular flexibility index (Phi) is 7.74. The molecule has 0 fully saturated rings. The lowest BCUT2D eigenvalue weighted by atomic mass is 10.2. The normalized spacial score (nSPS) is 11.2. The van der Waals surface area contributed by atoms with Crippen molar-refractivity contribution >= 4 is 17.5 Å². The number of benzene rings is 1. The zero-order valence-electron chi connectivity index (χ0n) is 14.8. The van der Waals surface area contributed by atoms with Crippen molar-refractivity contribution in [3.63, 3.8) is 0 Å². The Morgan fingerprint density at radius 1 is 1.12 bits per heavy atom. The monoisotopic (exact) mass is 335 g/mol. The lowest BCUT2D eigenvalue weighted by Gasteiger charge is -2.08. The molecule has 0 aliphatic rings. The summed E-state index contributed by atoms with van der Waals surface area (Å²) in [6, 6.07) is 4.83. The zero-order chi connectivity index (χ0) is 18.1. The Morgan fingerprint density at radius 2 is 1.71 bits per heavy atom. The quantitative estimate of drug-likeness (QED) is 0.561. The summed E-state index contributed by atoms with van der Waals surface area (Å²) in [5.74, 6) is 0.867. The maximum absolute atomic E-state index is 12.2. The number of nitrogens with zero attached hydrogens (tertiary/aromatic N) is 1. The van der Waals surface area contributed by atoms with Crippen molar-refractivity contribution in [1.29, 1.82) is 0 Å². The molecule has 24 heavy (non-hydrogen) atoms. The molecule has 1 aromatic carbocycles. The van der Waals surface area contributed by atoms with Crippen LogP contribution < -0.4 is 20.2 Å². The van der Waals surface area contributed by atoms with E-state index in [0.717, 1.165) is 0 Å². The third-order valence-electron chi connectivity index (χ3n) is 3.09. The molecule has 0 aliphatic heterocycles. The first-order valence-electron chi connectivity index (χ1n) is 7.69. The number of hydrogen-bond donors (Lipinski definition) is 2. The van der Waals surface area contributed by atoms with Crippen LogP contribution in [-0.2, 0) is 4.79 Å². The van der Waals surface area contributed by atoms with E-state index in [0.29, 0.717) is 35.2 Å². The van der Waals surface area contributed by atoms with Gasteiger partial charge in [0, 0.05) is 23.9 Å². The lowest BCUT2D eigenvalue weighted by molar-refractivity contribution is -0.120. The second-order valence-corrected chi connectivity index (χ2v) is 5.76. The van der Waals surface area contributed by atoms with Gasteiger partial charge in [0.15, 0.2) is 0 Å². The van der Waals surface area contributed by atoms with Gasteiger partial charge in [-0.25, -0.2) is 5.43 Å². The van der Waals surface area contributed by atoms with Gasteiger partial charge in [0.2, 0.25) is 5.91 Å². The Balaban J connectivity index is 2.65. The summed E-state index contributed by atoms with van der Waals surface area (Å²) >= 11 is 0. The van der Waals surface area contributed by atoms with Gasteiger partial charge in [0.05, 0.1) is 20.6 Å². The van der Waals surface area contributed by atoms with Crippen molar-refractivity contribution in [3.8, 4) is 11.5 Å². The topological polar surface area (TPSA) is 89.0 Å². The largest absolute Gasteiger partial charge is 0.497 e. The molecule has 0 bridgehead atoms. The highest BCUT2D eigenvalue weighted by Gasteiger charge is 2.10. The van der Waals surface area contributed by atoms with Crippen LogP contribution in [0.3, 0.4) is 0 Å². The van der Waals surface area contributed by atoms with E-state index >= 15 is 0 Å². The van der Waals surface area contributed by atoms with Crippen LogP contribution in [0.2, 0.25) is 0 Å². The number of carbonyl (C=O) groups excluding carboxylic acids is 2. The summed E-state index contributed by atoms with van der Waals surface area (Å²) in [6.07, 6.45) is 0.133. The minimum atomic E-state index is -0.408. The fraction of sp³-hybridized carbons (Fsp3) is 0.471. The third kappa shape index (κ3) is 6.68. The van der Waals surface area contributed by atoms with Crippen molar-refractivity contribution < 1.29 is 19.1 Å². The summed E-state index contributed by atoms with van der Waals surface area (Å²) in [7, 11) is 3.02. The van der Waals surface area contributed by atoms with Gasteiger partial charge < -0.3 is 14.8 Å². The van der Waals surface area contributed by atoms with Crippen LogP contribution in [0.4, 0.5) is 0 Å². The number of amides is 2. The SMILES string of the molecule is COc1cc(OC)cc(C(=O)N/N=C(\C)CC(=O)NCC(C)C)c1. The zero-order valence-corrected chi connectivity index (χ0v) is 14.8. The average Bonchev–Trinajstić information content (AvgIpc) is 2.57. The molecule has 0 aliphatic carbocycles. The Morgan fingerprint density at radius 3 is 2.21 bits per heavy atom. The number of methoxy groups -OCH3 is 2. The predicted octanol–water partition coefficient (Wildman–Crippen LogP) is 1.97. The molecular formula is C17H25N3O4. The highest BCUT2D eigenvalue weighted by atomic mass is 16.5. The van der Waals surface area contributed by atoms with E-state index in [9.17, 15) is 9.59 Å². The Bertz CT molecular complexity index is 590. The molecule has 0 unspecified atom stereocenters. The fourth-order valence-corrected chi connectivity index (χ4v) is 1.80. The number of hydrazone groups is 1. The van der Waals surface area contributed by atoms with Gasteiger partial charge in [-0.05, 0) is 25.0 Å². The van der Waals surface area contributed by atoms with Gasteiger partial charge in [-0.3, -0.25) is 9.59 Å². The first-order chi connectivity index (χ1) is 11.3.